The number of rotatable bonds is 8. The number of nitrogens with one attached hydrogen (secondary N) is 2. The summed E-state index contributed by atoms with van der Waals surface area (Å²) in [6.07, 6.45) is -4.54. The SMILES string of the molecule is CN(CC(F)(F)F)[C@H](CNC(=O)c1ccc(Cl)s1)C(=O)Nc1ccc(N2CCOCC2=O)cc1. The molecule has 1 aliphatic heterocycles. The van der Waals surface area contributed by atoms with Gasteiger partial charge in [0.05, 0.1) is 22.4 Å². The molecule has 1 aliphatic rings. The number of hydrogen-bond acceptors (Lipinski definition) is 6. The van der Waals surface area contributed by atoms with Crippen molar-refractivity contribution in [1.82, 2.24) is 10.2 Å². The molecule has 0 radical (unpaired) electrons. The molecule has 0 unspecified atom stereocenters. The molecule has 1 aromatic heterocycles. The van der Waals surface area contributed by atoms with Crippen LogP contribution in [0.25, 0.3) is 0 Å². The molecular weight excluding hydrogens is 497 g/mol. The first kappa shape index (κ1) is 25.9. The third-order valence-corrected chi connectivity index (χ3v) is 6.18. The minimum absolute atomic E-state index is 0.0187. The lowest BCUT2D eigenvalue weighted by Gasteiger charge is -2.28. The number of nitrogens with zero attached hydrogens (tertiary/aromatic N) is 2. The van der Waals surface area contributed by atoms with E-state index in [2.05, 4.69) is 10.6 Å². The maximum Gasteiger partial charge on any atom is 0.401 e. The summed E-state index contributed by atoms with van der Waals surface area (Å²) in [5.74, 6) is -1.47. The first-order chi connectivity index (χ1) is 16.0. The monoisotopic (exact) mass is 518 g/mol. The Morgan fingerprint density at radius 2 is 1.94 bits per heavy atom. The van der Waals surface area contributed by atoms with Gasteiger partial charge in [-0.3, -0.25) is 19.3 Å². The Hall–Kier alpha value is -2.67. The average Bonchev–Trinajstić information content (AvgIpc) is 3.20. The quantitative estimate of drug-likeness (QED) is 0.561. The Kier molecular flexibility index (Phi) is 8.52. The van der Waals surface area contributed by atoms with Crippen molar-refractivity contribution in [2.75, 3.05) is 50.1 Å². The van der Waals surface area contributed by atoms with Crippen LogP contribution in [0.1, 0.15) is 9.67 Å². The van der Waals surface area contributed by atoms with Crippen LogP contribution in [-0.2, 0) is 14.3 Å². The Balaban J connectivity index is 1.68. The van der Waals surface area contributed by atoms with E-state index in [1.165, 1.54) is 12.1 Å². The van der Waals surface area contributed by atoms with Crippen LogP contribution < -0.4 is 15.5 Å². The molecule has 34 heavy (non-hydrogen) atoms. The number of alkyl halides is 3. The van der Waals surface area contributed by atoms with E-state index in [0.29, 0.717) is 28.9 Å². The third kappa shape index (κ3) is 7.16. The predicted octanol–water partition coefficient (Wildman–Crippen LogP) is 3.00. The number of amides is 3. The molecule has 0 aliphatic carbocycles. The Bertz CT molecular complexity index is 1030. The van der Waals surface area contributed by atoms with Crippen molar-refractivity contribution in [2.24, 2.45) is 0 Å². The average molecular weight is 519 g/mol. The van der Waals surface area contributed by atoms with Gasteiger partial charge in [0.25, 0.3) is 11.8 Å². The fourth-order valence-corrected chi connectivity index (χ4v) is 4.26. The van der Waals surface area contributed by atoms with E-state index < -0.39 is 30.6 Å². The summed E-state index contributed by atoms with van der Waals surface area (Å²) in [6, 6.07) is 8.03. The summed E-state index contributed by atoms with van der Waals surface area (Å²) in [4.78, 5) is 39.7. The van der Waals surface area contributed by atoms with Crippen LogP contribution >= 0.6 is 22.9 Å². The van der Waals surface area contributed by atoms with Crippen LogP contribution in [0.5, 0.6) is 0 Å². The van der Waals surface area contributed by atoms with Gasteiger partial charge >= 0.3 is 6.18 Å². The molecule has 1 aromatic carbocycles. The Morgan fingerprint density at radius 3 is 2.53 bits per heavy atom. The number of ether oxygens (including phenoxy) is 1. The lowest BCUT2D eigenvalue weighted by molar-refractivity contribution is -0.150. The number of thiophene rings is 1. The van der Waals surface area contributed by atoms with Crippen LogP contribution in [0.2, 0.25) is 4.34 Å². The van der Waals surface area contributed by atoms with Gasteiger partial charge in [0.15, 0.2) is 0 Å². The number of benzene rings is 1. The third-order valence-electron chi connectivity index (χ3n) is 4.95. The molecule has 1 saturated heterocycles. The Labute approximate surface area is 202 Å². The summed E-state index contributed by atoms with van der Waals surface area (Å²) in [5, 5.41) is 5.06. The fourth-order valence-electron chi connectivity index (χ4n) is 3.30. The molecule has 1 atom stereocenters. The van der Waals surface area contributed by atoms with E-state index in [4.69, 9.17) is 16.3 Å². The number of carbonyl (C=O) groups excluding carboxylic acids is 3. The van der Waals surface area contributed by atoms with Gasteiger partial charge in [-0.1, -0.05) is 11.6 Å². The minimum Gasteiger partial charge on any atom is -0.370 e. The molecule has 3 rings (SSSR count). The van der Waals surface area contributed by atoms with Crippen LogP contribution in [0.15, 0.2) is 36.4 Å². The zero-order valence-corrected chi connectivity index (χ0v) is 19.6. The van der Waals surface area contributed by atoms with Crippen molar-refractivity contribution < 1.29 is 32.3 Å². The zero-order chi connectivity index (χ0) is 24.9. The molecular formula is C21H22ClF3N4O4S. The summed E-state index contributed by atoms with van der Waals surface area (Å²) >= 11 is 6.83. The minimum atomic E-state index is -4.54. The van der Waals surface area contributed by atoms with Crippen LogP contribution in [0, 0.1) is 0 Å². The number of carbonyl (C=O) groups is 3. The maximum atomic E-state index is 13.0. The van der Waals surface area contributed by atoms with Crippen LogP contribution in [-0.4, -0.2) is 74.7 Å². The number of hydrogen-bond donors (Lipinski definition) is 2. The second-order valence-electron chi connectivity index (χ2n) is 7.49. The Morgan fingerprint density at radius 1 is 1.24 bits per heavy atom. The highest BCUT2D eigenvalue weighted by molar-refractivity contribution is 7.18. The number of likely N-dealkylation sites (N-methyl/N-ethyl adjacent to an activating group) is 1. The first-order valence-corrected chi connectivity index (χ1v) is 11.3. The molecule has 3 amide bonds. The van der Waals surface area contributed by atoms with Crippen molar-refractivity contribution in [3.63, 3.8) is 0 Å². The van der Waals surface area contributed by atoms with E-state index in [0.717, 1.165) is 23.3 Å². The highest BCUT2D eigenvalue weighted by Crippen LogP contribution is 2.22. The molecule has 2 N–H and O–H groups in total. The van der Waals surface area contributed by atoms with Crippen molar-refractivity contribution in [2.45, 2.75) is 12.2 Å². The summed E-state index contributed by atoms with van der Waals surface area (Å²) in [5.41, 5.74) is 0.940. The van der Waals surface area contributed by atoms with Crippen molar-refractivity contribution in [1.29, 1.82) is 0 Å². The van der Waals surface area contributed by atoms with Gasteiger partial charge < -0.3 is 20.3 Å². The van der Waals surface area contributed by atoms with Crippen molar-refractivity contribution >= 4 is 52.0 Å². The topological polar surface area (TPSA) is 91.0 Å². The normalized spacial score (nSPS) is 15.4. The van der Waals surface area contributed by atoms with E-state index >= 15 is 0 Å². The van der Waals surface area contributed by atoms with Crippen molar-refractivity contribution in [3.8, 4) is 0 Å². The molecule has 0 bridgehead atoms. The maximum absolute atomic E-state index is 13.0. The molecule has 13 heteroatoms. The molecule has 1 fully saturated rings. The lowest BCUT2D eigenvalue weighted by atomic mass is 10.2. The number of anilines is 2. The van der Waals surface area contributed by atoms with Gasteiger partial charge in [0, 0.05) is 24.5 Å². The second kappa shape index (κ2) is 11.2. The molecule has 2 aromatic rings. The molecule has 0 spiro atoms. The largest absolute Gasteiger partial charge is 0.401 e. The molecule has 184 valence electrons. The number of morpholine rings is 1. The van der Waals surface area contributed by atoms with Gasteiger partial charge in [-0.25, -0.2) is 0 Å². The first-order valence-electron chi connectivity index (χ1n) is 10.1. The summed E-state index contributed by atoms with van der Waals surface area (Å²) in [6.45, 7) is -0.920. The smallest absolute Gasteiger partial charge is 0.370 e. The number of halogens is 4. The van der Waals surface area contributed by atoms with Gasteiger partial charge in [0.2, 0.25) is 5.91 Å². The summed E-state index contributed by atoms with van der Waals surface area (Å²) < 4.78 is 44.4. The molecule has 2 heterocycles. The fraction of sp³-hybridized carbons (Fsp3) is 0.381. The predicted molar refractivity (Wildman–Crippen MR) is 122 cm³/mol. The van der Waals surface area contributed by atoms with Gasteiger partial charge in [-0.05, 0) is 43.4 Å². The van der Waals surface area contributed by atoms with Crippen LogP contribution in [0.3, 0.4) is 0 Å². The highest BCUT2D eigenvalue weighted by atomic mass is 35.5. The lowest BCUT2D eigenvalue weighted by Crippen LogP contribution is -2.51. The van der Waals surface area contributed by atoms with Crippen molar-refractivity contribution in [3.05, 3.63) is 45.6 Å². The molecule has 0 saturated carbocycles. The van der Waals surface area contributed by atoms with E-state index in [1.54, 1.807) is 29.2 Å². The standard InChI is InChI=1S/C21H22ClF3N4O4S/c1-28(12-21(23,24)25)15(10-26-20(32)16-6-7-17(22)34-16)19(31)27-13-2-4-14(5-3-13)29-8-9-33-11-18(29)30/h2-7,15H,8-12H2,1H3,(H,26,32)(H,27,31)/t15-/m1/s1. The van der Waals surface area contributed by atoms with Gasteiger partial charge in [-0.2, -0.15) is 13.2 Å². The summed E-state index contributed by atoms with van der Waals surface area (Å²) in [7, 11) is 1.15. The molecule has 8 nitrogen and oxygen atoms in total. The van der Waals surface area contributed by atoms with Gasteiger partial charge in [0.1, 0.15) is 12.6 Å². The van der Waals surface area contributed by atoms with E-state index in [9.17, 15) is 27.6 Å². The van der Waals surface area contributed by atoms with E-state index in [1.807, 2.05) is 0 Å². The zero-order valence-electron chi connectivity index (χ0n) is 18.0. The second-order valence-corrected chi connectivity index (χ2v) is 9.21. The van der Waals surface area contributed by atoms with Crippen LogP contribution in [0.4, 0.5) is 24.5 Å². The van der Waals surface area contributed by atoms with E-state index in [-0.39, 0.29) is 23.9 Å². The van der Waals surface area contributed by atoms with Gasteiger partial charge in [-0.15, -0.1) is 11.3 Å². The highest BCUT2D eigenvalue weighted by Gasteiger charge is 2.35.